The minimum Gasteiger partial charge on any atom is -0.466 e. The molecule has 0 aliphatic carbocycles. The van der Waals surface area contributed by atoms with Crippen molar-refractivity contribution in [3.8, 4) is 0 Å². The van der Waals surface area contributed by atoms with Crippen LogP contribution in [0.2, 0.25) is 5.02 Å². The number of halogens is 1. The normalized spacial score (nSPS) is 20.1. The van der Waals surface area contributed by atoms with E-state index in [2.05, 4.69) is 9.47 Å². The summed E-state index contributed by atoms with van der Waals surface area (Å²) in [7, 11) is 2.38. The number of benzene rings is 1. The molecule has 0 N–H and O–H groups in total. The van der Waals surface area contributed by atoms with E-state index in [1.807, 2.05) is 0 Å². The molecule has 1 fully saturated rings. The highest BCUT2D eigenvalue weighted by Crippen LogP contribution is 2.51. The van der Waals surface area contributed by atoms with Crippen LogP contribution in [0.25, 0.3) is 0 Å². The SMILES string of the molecule is COC(=O)C1(C(=O)OC)OC1c1ccc(Cl)cc1. The zero-order chi connectivity index (χ0) is 13.3. The molecule has 0 aromatic heterocycles. The van der Waals surface area contributed by atoms with Crippen molar-refractivity contribution >= 4 is 23.5 Å². The molecule has 2 rings (SSSR count). The van der Waals surface area contributed by atoms with Crippen LogP contribution in [0.1, 0.15) is 11.7 Å². The predicted octanol–water partition coefficient (Wildman–Crippen LogP) is 1.50. The molecule has 0 saturated carbocycles. The molecule has 0 spiro atoms. The van der Waals surface area contributed by atoms with Gasteiger partial charge in [0.25, 0.3) is 5.60 Å². The third kappa shape index (κ3) is 1.85. The van der Waals surface area contributed by atoms with Gasteiger partial charge in [-0.3, -0.25) is 0 Å². The monoisotopic (exact) mass is 270 g/mol. The highest BCUT2D eigenvalue weighted by atomic mass is 35.5. The van der Waals surface area contributed by atoms with E-state index in [4.69, 9.17) is 16.3 Å². The van der Waals surface area contributed by atoms with Gasteiger partial charge >= 0.3 is 11.9 Å². The molecule has 1 aromatic carbocycles. The Labute approximate surface area is 109 Å². The molecule has 6 heteroatoms. The van der Waals surface area contributed by atoms with Crippen LogP contribution in [-0.2, 0) is 23.8 Å². The standard InChI is InChI=1S/C12H11ClO5/c1-16-10(14)12(11(15)17-2)9(18-12)7-3-5-8(13)6-4-7/h3-6,9H,1-2H3. The summed E-state index contributed by atoms with van der Waals surface area (Å²) in [6, 6.07) is 6.66. The number of carbonyl (C=O) groups excluding carboxylic acids is 2. The van der Waals surface area contributed by atoms with E-state index in [0.717, 1.165) is 0 Å². The van der Waals surface area contributed by atoms with Crippen molar-refractivity contribution in [1.82, 2.24) is 0 Å². The van der Waals surface area contributed by atoms with Crippen LogP contribution < -0.4 is 0 Å². The van der Waals surface area contributed by atoms with Gasteiger partial charge in [-0.2, -0.15) is 0 Å². The number of ether oxygens (including phenoxy) is 3. The maximum Gasteiger partial charge on any atom is 0.353 e. The average molecular weight is 271 g/mol. The first-order valence-electron chi connectivity index (χ1n) is 5.16. The van der Waals surface area contributed by atoms with E-state index in [1.165, 1.54) is 14.2 Å². The molecule has 1 aliphatic heterocycles. The summed E-state index contributed by atoms with van der Waals surface area (Å²) >= 11 is 5.76. The minimum absolute atomic E-state index is 0.557. The molecular weight excluding hydrogens is 260 g/mol. The van der Waals surface area contributed by atoms with Gasteiger partial charge in [0.05, 0.1) is 14.2 Å². The number of methoxy groups -OCH3 is 2. The number of rotatable bonds is 3. The Morgan fingerprint density at radius 3 is 2.11 bits per heavy atom. The van der Waals surface area contributed by atoms with Crippen LogP contribution in [0.5, 0.6) is 0 Å². The zero-order valence-corrected chi connectivity index (χ0v) is 10.6. The molecule has 18 heavy (non-hydrogen) atoms. The second kappa shape index (κ2) is 4.59. The Morgan fingerprint density at radius 2 is 1.67 bits per heavy atom. The summed E-state index contributed by atoms with van der Waals surface area (Å²) in [6.45, 7) is 0. The summed E-state index contributed by atoms with van der Waals surface area (Å²) in [5, 5.41) is 0.557. The summed E-state index contributed by atoms with van der Waals surface area (Å²) in [5.74, 6) is -1.54. The fourth-order valence-electron chi connectivity index (χ4n) is 1.79. The van der Waals surface area contributed by atoms with Crippen LogP contribution in [0, 0.1) is 0 Å². The first kappa shape index (κ1) is 12.9. The van der Waals surface area contributed by atoms with E-state index < -0.39 is 23.6 Å². The van der Waals surface area contributed by atoms with E-state index in [-0.39, 0.29) is 0 Å². The Bertz CT molecular complexity index is 466. The number of carbonyl (C=O) groups is 2. The van der Waals surface area contributed by atoms with Crippen LogP contribution in [-0.4, -0.2) is 31.8 Å². The molecule has 1 heterocycles. The molecule has 96 valence electrons. The lowest BCUT2D eigenvalue weighted by molar-refractivity contribution is -0.160. The molecule has 0 bridgehead atoms. The molecule has 5 nitrogen and oxygen atoms in total. The Hall–Kier alpha value is -1.59. The Balaban J connectivity index is 2.30. The van der Waals surface area contributed by atoms with Gasteiger partial charge in [-0.15, -0.1) is 0 Å². The topological polar surface area (TPSA) is 65.1 Å². The fourth-order valence-corrected chi connectivity index (χ4v) is 1.92. The highest BCUT2D eigenvalue weighted by Gasteiger charge is 2.71. The van der Waals surface area contributed by atoms with Crippen molar-refractivity contribution in [3.05, 3.63) is 34.9 Å². The zero-order valence-electron chi connectivity index (χ0n) is 9.81. The van der Waals surface area contributed by atoms with Gasteiger partial charge in [0.15, 0.2) is 0 Å². The van der Waals surface area contributed by atoms with Crippen LogP contribution in [0.4, 0.5) is 0 Å². The number of esters is 2. The van der Waals surface area contributed by atoms with Gasteiger partial charge in [-0.25, -0.2) is 9.59 Å². The molecule has 1 saturated heterocycles. The maximum atomic E-state index is 11.7. The quantitative estimate of drug-likeness (QED) is 0.473. The van der Waals surface area contributed by atoms with Crippen LogP contribution in [0.15, 0.2) is 24.3 Å². The van der Waals surface area contributed by atoms with Gasteiger partial charge in [-0.05, 0) is 17.7 Å². The number of hydrogen-bond donors (Lipinski definition) is 0. The number of epoxide rings is 1. The summed E-state index contributed by atoms with van der Waals surface area (Å²) < 4.78 is 14.4. The van der Waals surface area contributed by atoms with E-state index in [9.17, 15) is 9.59 Å². The number of hydrogen-bond acceptors (Lipinski definition) is 5. The van der Waals surface area contributed by atoms with Crippen LogP contribution >= 0.6 is 11.6 Å². The molecule has 0 radical (unpaired) electrons. The lowest BCUT2D eigenvalue weighted by atomic mass is 9.99. The van der Waals surface area contributed by atoms with Gasteiger partial charge in [0.2, 0.25) is 0 Å². The van der Waals surface area contributed by atoms with Gasteiger partial charge < -0.3 is 14.2 Å². The minimum atomic E-state index is -1.68. The first-order valence-corrected chi connectivity index (χ1v) is 5.54. The first-order chi connectivity index (χ1) is 8.56. The third-order valence-corrected chi connectivity index (χ3v) is 3.02. The van der Waals surface area contributed by atoms with E-state index in [1.54, 1.807) is 24.3 Å². The van der Waals surface area contributed by atoms with Gasteiger partial charge in [0.1, 0.15) is 6.10 Å². The van der Waals surface area contributed by atoms with Gasteiger partial charge in [0, 0.05) is 5.02 Å². The Kier molecular flexibility index (Phi) is 3.28. The summed E-state index contributed by atoms with van der Waals surface area (Å²) in [4.78, 5) is 23.3. The molecule has 1 unspecified atom stereocenters. The third-order valence-electron chi connectivity index (χ3n) is 2.77. The molecule has 1 aliphatic rings. The van der Waals surface area contributed by atoms with Gasteiger partial charge in [-0.1, -0.05) is 23.7 Å². The van der Waals surface area contributed by atoms with Crippen molar-refractivity contribution in [3.63, 3.8) is 0 Å². The van der Waals surface area contributed by atoms with Crippen molar-refractivity contribution in [2.75, 3.05) is 14.2 Å². The molecule has 1 aromatic rings. The smallest absolute Gasteiger partial charge is 0.353 e. The highest BCUT2D eigenvalue weighted by molar-refractivity contribution is 6.30. The summed E-state index contributed by atoms with van der Waals surface area (Å²) in [5.41, 5.74) is -1.02. The largest absolute Gasteiger partial charge is 0.466 e. The lowest BCUT2D eigenvalue weighted by Crippen LogP contribution is -2.37. The Morgan fingerprint density at radius 1 is 1.17 bits per heavy atom. The van der Waals surface area contributed by atoms with Crippen molar-refractivity contribution in [2.24, 2.45) is 0 Å². The summed E-state index contributed by atoms with van der Waals surface area (Å²) in [6.07, 6.45) is -0.699. The van der Waals surface area contributed by atoms with Crippen molar-refractivity contribution < 1.29 is 23.8 Å². The molecule has 0 amide bonds. The van der Waals surface area contributed by atoms with Crippen molar-refractivity contribution in [1.29, 1.82) is 0 Å². The van der Waals surface area contributed by atoms with E-state index in [0.29, 0.717) is 10.6 Å². The van der Waals surface area contributed by atoms with Crippen molar-refractivity contribution in [2.45, 2.75) is 11.7 Å². The van der Waals surface area contributed by atoms with Crippen LogP contribution in [0.3, 0.4) is 0 Å². The molecule has 1 atom stereocenters. The second-order valence-corrected chi connectivity index (χ2v) is 4.20. The predicted molar refractivity (Wildman–Crippen MR) is 62.0 cm³/mol. The molecular formula is C12H11ClO5. The van der Waals surface area contributed by atoms with E-state index >= 15 is 0 Å². The average Bonchev–Trinajstić information content (AvgIpc) is 3.14. The lowest BCUT2D eigenvalue weighted by Gasteiger charge is -2.07. The fraction of sp³-hybridized carbons (Fsp3) is 0.333. The second-order valence-electron chi connectivity index (χ2n) is 3.77. The maximum absolute atomic E-state index is 11.7.